The highest BCUT2D eigenvalue weighted by Gasteiger charge is 2.17. The molecule has 132 valence electrons. The average molecular weight is 359 g/mol. The molecule has 0 aliphatic rings. The van der Waals surface area contributed by atoms with Crippen molar-refractivity contribution in [2.45, 2.75) is 18.9 Å². The zero-order chi connectivity index (χ0) is 18.1. The van der Waals surface area contributed by atoms with Gasteiger partial charge in [0.25, 0.3) is 5.91 Å². The number of hydrogen-bond donors (Lipinski definition) is 1. The van der Waals surface area contributed by atoms with Gasteiger partial charge in [0, 0.05) is 19.5 Å². The number of rotatable bonds is 9. The number of carbonyl (C=O) groups is 1. The molecular weight excluding hydrogens is 338 g/mol. The Morgan fingerprint density at radius 1 is 1.40 bits per heavy atom. The molecule has 1 unspecified atom stereocenters. The second kappa shape index (κ2) is 9.53. The van der Waals surface area contributed by atoms with Crippen LogP contribution in [-0.4, -0.2) is 42.4 Å². The summed E-state index contributed by atoms with van der Waals surface area (Å²) >= 11 is 1.42. The average Bonchev–Trinajstić information content (AvgIpc) is 3.05. The van der Waals surface area contributed by atoms with Gasteiger partial charge in [0.05, 0.1) is 12.0 Å². The van der Waals surface area contributed by atoms with Gasteiger partial charge in [0.15, 0.2) is 6.10 Å². The normalized spacial score (nSPS) is 12.6. The van der Waals surface area contributed by atoms with Crippen molar-refractivity contribution in [3.63, 3.8) is 0 Å². The highest BCUT2D eigenvalue weighted by Crippen LogP contribution is 2.28. The van der Waals surface area contributed by atoms with Gasteiger partial charge in [0.1, 0.15) is 6.21 Å². The van der Waals surface area contributed by atoms with Crippen molar-refractivity contribution >= 4 is 34.9 Å². The van der Waals surface area contributed by atoms with Crippen molar-refractivity contribution in [2.75, 3.05) is 14.1 Å². The predicted molar refractivity (Wildman–Crippen MR) is 100 cm³/mol. The van der Waals surface area contributed by atoms with Crippen LogP contribution in [0.1, 0.15) is 23.8 Å². The molecule has 0 saturated carbocycles. The van der Waals surface area contributed by atoms with Gasteiger partial charge in [0.2, 0.25) is 5.13 Å². The van der Waals surface area contributed by atoms with E-state index in [9.17, 15) is 4.79 Å². The molecule has 0 aliphatic carbocycles. The Labute approximate surface area is 150 Å². The standard InChI is InChI=1S/C17H21N5O2S/c1-22(2)12-19-17-21-14(11-25-17)15(24-20-10-16(18)23)9-8-13-6-4-3-5-7-13/h3-7,10-12,15H,8-9H2,1-2H3,(H2,18,23)/b19-12+,20-10+. The summed E-state index contributed by atoms with van der Waals surface area (Å²) in [5.41, 5.74) is 6.97. The van der Waals surface area contributed by atoms with Gasteiger partial charge in [-0.3, -0.25) is 4.79 Å². The fraction of sp³-hybridized carbons (Fsp3) is 0.294. The summed E-state index contributed by atoms with van der Waals surface area (Å²) in [6.07, 6.45) is 3.72. The monoisotopic (exact) mass is 359 g/mol. The van der Waals surface area contributed by atoms with Gasteiger partial charge in [-0.2, -0.15) is 0 Å². The molecule has 1 amide bonds. The van der Waals surface area contributed by atoms with E-state index in [4.69, 9.17) is 10.6 Å². The molecule has 1 heterocycles. The van der Waals surface area contributed by atoms with Crippen molar-refractivity contribution in [2.24, 2.45) is 15.9 Å². The van der Waals surface area contributed by atoms with Gasteiger partial charge in [-0.25, -0.2) is 9.98 Å². The topological polar surface area (TPSA) is 93.2 Å². The third kappa shape index (κ3) is 6.72. The number of nitrogens with two attached hydrogens (primary N) is 1. The second-order valence-electron chi connectivity index (χ2n) is 5.52. The van der Waals surface area contributed by atoms with Crippen molar-refractivity contribution in [3.8, 4) is 0 Å². The Morgan fingerprint density at radius 2 is 2.16 bits per heavy atom. The van der Waals surface area contributed by atoms with E-state index >= 15 is 0 Å². The lowest BCUT2D eigenvalue weighted by atomic mass is 10.1. The maximum Gasteiger partial charge on any atom is 0.263 e. The number of primary amides is 1. The Hall–Kier alpha value is -2.74. The highest BCUT2D eigenvalue weighted by atomic mass is 32.1. The minimum absolute atomic E-state index is 0.379. The third-order valence-corrected chi connectivity index (χ3v) is 3.91. The maximum absolute atomic E-state index is 10.8. The van der Waals surface area contributed by atoms with Gasteiger partial charge in [-0.1, -0.05) is 35.5 Å². The quantitative estimate of drug-likeness (QED) is 0.423. The number of aryl methyl sites for hydroxylation is 1. The number of nitrogens with zero attached hydrogens (tertiary/aromatic N) is 4. The molecular formula is C17H21N5O2S. The number of aliphatic imine (C=N–C) groups is 1. The lowest BCUT2D eigenvalue weighted by Crippen LogP contribution is -2.12. The van der Waals surface area contributed by atoms with Crippen LogP contribution in [0, 0.1) is 0 Å². The van der Waals surface area contributed by atoms with E-state index in [0.717, 1.165) is 18.3 Å². The Bertz CT molecular complexity index is 728. The zero-order valence-corrected chi connectivity index (χ0v) is 15.0. The van der Waals surface area contributed by atoms with Crippen LogP contribution in [0.25, 0.3) is 0 Å². The Balaban J connectivity index is 2.08. The molecule has 0 aliphatic heterocycles. The fourth-order valence-electron chi connectivity index (χ4n) is 2.00. The first kappa shape index (κ1) is 18.6. The summed E-state index contributed by atoms with van der Waals surface area (Å²) in [4.78, 5) is 26.8. The summed E-state index contributed by atoms with van der Waals surface area (Å²) in [6, 6.07) is 10.1. The second-order valence-corrected chi connectivity index (χ2v) is 6.35. The van der Waals surface area contributed by atoms with Crippen molar-refractivity contribution < 1.29 is 9.63 Å². The number of oxime groups is 1. The molecule has 1 atom stereocenters. The molecule has 2 aromatic rings. The van der Waals surface area contributed by atoms with Crippen LogP contribution in [0.2, 0.25) is 0 Å². The third-order valence-electron chi connectivity index (χ3n) is 3.14. The first-order chi connectivity index (χ1) is 12.0. The SMILES string of the molecule is CN(C)/C=N/c1nc(C(CCc2ccccc2)O/N=C/C(N)=O)cs1. The van der Waals surface area contributed by atoms with E-state index in [-0.39, 0.29) is 6.10 Å². The minimum atomic E-state index is -0.656. The van der Waals surface area contributed by atoms with E-state index in [0.29, 0.717) is 11.6 Å². The lowest BCUT2D eigenvalue weighted by molar-refractivity contribution is -0.111. The fourth-order valence-corrected chi connectivity index (χ4v) is 2.70. The van der Waals surface area contributed by atoms with E-state index in [2.05, 4.69) is 27.3 Å². The number of benzene rings is 1. The summed E-state index contributed by atoms with van der Waals surface area (Å²) in [5.74, 6) is -0.656. The number of carbonyl (C=O) groups excluding carboxylic acids is 1. The molecule has 0 bridgehead atoms. The van der Waals surface area contributed by atoms with Gasteiger partial charge < -0.3 is 15.5 Å². The van der Waals surface area contributed by atoms with Crippen LogP contribution in [0.5, 0.6) is 0 Å². The summed E-state index contributed by atoms with van der Waals surface area (Å²) in [5, 5.41) is 6.18. The first-order valence-corrected chi connectivity index (χ1v) is 8.61. The van der Waals surface area contributed by atoms with E-state index in [1.165, 1.54) is 16.9 Å². The van der Waals surface area contributed by atoms with Crippen LogP contribution in [-0.2, 0) is 16.1 Å². The van der Waals surface area contributed by atoms with E-state index in [1.807, 2.05) is 42.6 Å². The predicted octanol–water partition coefficient (Wildman–Crippen LogP) is 2.53. The van der Waals surface area contributed by atoms with E-state index in [1.54, 1.807) is 6.34 Å². The number of thiazole rings is 1. The lowest BCUT2D eigenvalue weighted by Gasteiger charge is -2.12. The largest absolute Gasteiger partial charge is 0.386 e. The van der Waals surface area contributed by atoms with Crippen molar-refractivity contribution in [1.82, 2.24) is 9.88 Å². The maximum atomic E-state index is 10.8. The number of amides is 1. The molecule has 1 aromatic carbocycles. The van der Waals surface area contributed by atoms with Crippen molar-refractivity contribution in [1.29, 1.82) is 0 Å². The smallest absolute Gasteiger partial charge is 0.263 e. The summed E-state index contributed by atoms with van der Waals surface area (Å²) in [6.45, 7) is 0. The van der Waals surface area contributed by atoms with Gasteiger partial charge in [-0.05, 0) is 18.4 Å². The molecule has 0 radical (unpaired) electrons. The molecule has 1 aromatic heterocycles. The highest BCUT2D eigenvalue weighted by molar-refractivity contribution is 7.13. The number of hydrogen-bond acceptors (Lipinski definition) is 6. The molecule has 7 nitrogen and oxygen atoms in total. The van der Waals surface area contributed by atoms with Crippen LogP contribution in [0.15, 0.2) is 45.9 Å². The van der Waals surface area contributed by atoms with Crippen LogP contribution in [0.4, 0.5) is 5.13 Å². The van der Waals surface area contributed by atoms with Gasteiger partial charge >= 0.3 is 0 Å². The van der Waals surface area contributed by atoms with E-state index < -0.39 is 5.91 Å². The van der Waals surface area contributed by atoms with Crippen LogP contribution >= 0.6 is 11.3 Å². The molecule has 0 fully saturated rings. The molecule has 2 N–H and O–H groups in total. The number of aromatic nitrogens is 1. The minimum Gasteiger partial charge on any atom is -0.386 e. The summed E-state index contributed by atoms with van der Waals surface area (Å²) in [7, 11) is 3.78. The molecule has 0 saturated heterocycles. The Morgan fingerprint density at radius 3 is 2.84 bits per heavy atom. The molecule has 8 heteroatoms. The molecule has 2 rings (SSSR count). The van der Waals surface area contributed by atoms with Crippen LogP contribution in [0.3, 0.4) is 0 Å². The van der Waals surface area contributed by atoms with Gasteiger partial charge in [-0.15, -0.1) is 11.3 Å². The first-order valence-electron chi connectivity index (χ1n) is 7.73. The zero-order valence-electron chi connectivity index (χ0n) is 14.2. The van der Waals surface area contributed by atoms with Crippen LogP contribution < -0.4 is 5.73 Å². The molecule has 25 heavy (non-hydrogen) atoms. The molecule has 0 spiro atoms. The van der Waals surface area contributed by atoms with Crippen molar-refractivity contribution in [3.05, 3.63) is 47.0 Å². The summed E-state index contributed by atoms with van der Waals surface area (Å²) < 4.78 is 0. The Kier molecular flexibility index (Phi) is 7.09.